The Balaban J connectivity index is 1.82. The van der Waals surface area contributed by atoms with E-state index in [9.17, 15) is 0 Å². The molecule has 0 aliphatic carbocycles. The van der Waals surface area contributed by atoms with Crippen molar-refractivity contribution in [1.29, 1.82) is 0 Å². The molecule has 1 atom stereocenters. The van der Waals surface area contributed by atoms with E-state index in [0.717, 1.165) is 30.3 Å². The summed E-state index contributed by atoms with van der Waals surface area (Å²) in [6, 6.07) is 6.48. The third-order valence-electron chi connectivity index (χ3n) is 4.07. The molecule has 2 aliphatic heterocycles. The van der Waals surface area contributed by atoms with E-state index in [4.69, 9.17) is 15.2 Å². The van der Waals surface area contributed by atoms with Crippen LogP contribution in [0, 0.1) is 0 Å². The summed E-state index contributed by atoms with van der Waals surface area (Å²) in [5.74, 6) is 2.85. The molecule has 2 heterocycles. The van der Waals surface area contributed by atoms with Crippen molar-refractivity contribution in [2.45, 2.75) is 24.6 Å². The van der Waals surface area contributed by atoms with Crippen LogP contribution in [0.1, 0.15) is 25.5 Å². The number of thioether (sulfide) groups is 1. The lowest BCUT2D eigenvalue weighted by atomic mass is 10.0. The Kier molecular flexibility index (Phi) is 4.33. The maximum absolute atomic E-state index is 6.08. The van der Waals surface area contributed by atoms with Crippen molar-refractivity contribution in [2.24, 2.45) is 5.73 Å². The van der Waals surface area contributed by atoms with Gasteiger partial charge in [-0.25, -0.2) is 0 Å². The summed E-state index contributed by atoms with van der Waals surface area (Å²) in [6.45, 7) is 8.64. The first-order chi connectivity index (χ1) is 10.1. The summed E-state index contributed by atoms with van der Waals surface area (Å²) in [7, 11) is 0. The Bertz CT molecular complexity index is 507. The zero-order chi connectivity index (χ0) is 14.9. The van der Waals surface area contributed by atoms with Crippen molar-refractivity contribution in [3.05, 3.63) is 23.8 Å². The number of rotatable bonds is 3. The number of fused-ring (bicyclic) bond motifs is 1. The molecule has 1 unspecified atom stereocenters. The standard InChI is InChI=1S/C16H24N2O2S/c1-16(2)11-18(5-8-21-16)13(10-17)12-3-4-14-15(9-12)20-7-6-19-14/h3-4,9,13H,5-8,10-11,17H2,1-2H3. The van der Waals surface area contributed by atoms with Gasteiger partial charge in [0.15, 0.2) is 11.5 Å². The molecule has 2 aliphatic rings. The molecule has 0 spiro atoms. The van der Waals surface area contributed by atoms with Gasteiger partial charge in [-0.2, -0.15) is 11.8 Å². The maximum atomic E-state index is 6.08. The number of nitrogens with zero attached hydrogens (tertiary/aromatic N) is 1. The van der Waals surface area contributed by atoms with Crippen LogP contribution in [0.3, 0.4) is 0 Å². The fourth-order valence-corrected chi connectivity index (χ4v) is 4.22. The molecule has 21 heavy (non-hydrogen) atoms. The van der Waals surface area contributed by atoms with Crippen molar-refractivity contribution >= 4 is 11.8 Å². The van der Waals surface area contributed by atoms with Crippen LogP contribution < -0.4 is 15.2 Å². The molecular weight excluding hydrogens is 284 g/mol. The van der Waals surface area contributed by atoms with Crippen LogP contribution in [-0.4, -0.2) is 48.2 Å². The third-order valence-corrected chi connectivity index (χ3v) is 5.37. The van der Waals surface area contributed by atoms with Gasteiger partial charge in [0, 0.05) is 36.2 Å². The van der Waals surface area contributed by atoms with Crippen LogP contribution in [0.5, 0.6) is 11.5 Å². The molecule has 1 fully saturated rings. The van der Waals surface area contributed by atoms with Crippen molar-refractivity contribution in [3.8, 4) is 11.5 Å². The number of nitrogens with two attached hydrogens (primary N) is 1. The lowest BCUT2D eigenvalue weighted by molar-refractivity contribution is 0.168. The van der Waals surface area contributed by atoms with Gasteiger partial charge < -0.3 is 15.2 Å². The smallest absolute Gasteiger partial charge is 0.161 e. The van der Waals surface area contributed by atoms with Gasteiger partial charge in [-0.05, 0) is 31.5 Å². The van der Waals surface area contributed by atoms with E-state index in [0.29, 0.717) is 24.5 Å². The van der Waals surface area contributed by atoms with E-state index in [1.807, 2.05) is 17.8 Å². The van der Waals surface area contributed by atoms with Crippen molar-refractivity contribution in [3.63, 3.8) is 0 Å². The minimum atomic E-state index is 0.251. The maximum Gasteiger partial charge on any atom is 0.161 e. The summed E-state index contributed by atoms with van der Waals surface area (Å²) in [5, 5.41) is 0. The van der Waals surface area contributed by atoms with Gasteiger partial charge in [0.25, 0.3) is 0 Å². The third kappa shape index (κ3) is 3.30. The molecular formula is C16H24N2O2S. The summed E-state index contributed by atoms with van der Waals surface area (Å²) >= 11 is 2.04. The Labute approximate surface area is 131 Å². The molecule has 2 N–H and O–H groups in total. The van der Waals surface area contributed by atoms with Gasteiger partial charge in [0.05, 0.1) is 0 Å². The van der Waals surface area contributed by atoms with E-state index in [-0.39, 0.29) is 6.04 Å². The summed E-state index contributed by atoms with van der Waals surface area (Å²) in [5.41, 5.74) is 7.31. The van der Waals surface area contributed by atoms with E-state index >= 15 is 0 Å². The summed E-state index contributed by atoms with van der Waals surface area (Å²) in [4.78, 5) is 2.50. The van der Waals surface area contributed by atoms with Crippen molar-refractivity contribution < 1.29 is 9.47 Å². The predicted octanol–water partition coefficient (Wildman–Crippen LogP) is 2.29. The lowest BCUT2D eigenvalue weighted by Gasteiger charge is -2.41. The monoisotopic (exact) mass is 308 g/mol. The average Bonchev–Trinajstić information content (AvgIpc) is 2.47. The number of hydrogen-bond acceptors (Lipinski definition) is 5. The summed E-state index contributed by atoms with van der Waals surface area (Å²) in [6.07, 6.45) is 0. The molecule has 5 heteroatoms. The molecule has 0 amide bonds. The molecule has 0 aromatic heterocycles. The molecule has 1 aromatic rings. The highest BCUT2D eigenvalue weighted by Gasteiger charge is 2.31. The van der Waals surface area contributed by atoms with Gasteiger partial charge in [-0.15, -0.1) is 0 Å². The molecule has 0 saturated carbocycles. The molecule has 1 saturated heterocycles. The first-order valence-electron chi connectivity index (χ1n) is 7.57. The van der Waals surface area contributed by atoms with Gasteiger partial charge in [-0.1, -0.05) is 6.07 Å². The molecule has 0 bridgehead atoms. The second-order valence-electron chi connectivity index (χ2n) is 6.23. The molecule has 0 radical (unpaired) electrons. The van der Waals surface area contributed by atoms with Crippen LogP contribution in [0.15, 0.2) is 18.2 Å². The Hall–Kier alpha value is -0.910. The second-order valence-corrected chi connectivity index (χ2v) is 8.04. The molecule has 3 rings (SSSR count). The van der Waals surface area contributed by atoms with E-state index in [1.165, 1.54) is 5.56 Å². The minimum absolute atomic E-state index is 0.251. The summed E-state index contributed by atoms with van der Waals surface area (Å²) < 4.78 is 11.6. The second kappa shape index (κ2) is 6.07. The largest absolute Gasteiger partial charge is 0.486 e. The lowest BCUT2D eigenvalue weighted by Crippen LogP contribution is -2.46. The highest BCUT2D eigenvalue weighted by Crippen LogP contribution is 2.37. The van der Waals surface area contributed by atoms with Crippen molar-refractivity contribution in [1.82, 2.24) is 4.90 Å². The highest BCUT2D eigenvalue weighted by atomic mass is 32.2. The van der Waals surface area contributed by atoms with Crippen molar-refractivity contribution in [2.75, 3.05) is 38.6 Å². The SMILES string of the molecule is CC1(C)CN(C(CN)c2ccc3c(c2)OCCO3)CCS1. The first kappa shape index (κ1) is 15.0. The Morgan fingerprint density at radius 1 is 1.29 bits per heavy atom. The topological polar surface area (TPSA) is 47.7 Å². The van der Waals surface area contributed by atoms with Crippen LogP contribution in [0.4, 0.5) is 0 Å². The molecule has 1 aromatic carbocycles. The number of benzene rings is 1. The van der Waals surface area contributed by atoms with Gasteiger partial charge in [0.2, 0.25) is 0 Å². The Morgan fingerprint density at radius 3 is 2.76 bits per heavy atom. The molecule has 116 valence electrons. The van der Waals surface area contributed by atoms with Gasteiger partial charge in [0.1, 0.15) is 13.2 Å². The van der Waals surface area contributed by atoms with E-state index < -0.39 is 0 Å². The van der Waals surface area contributed by atoms with Crippen LogP contribution in [0.25, 0.3) is 0 Å². The van der Waals surface area contributed by atoms with E-state index in [2.05, 4.69) is 30.9 Å². The van der Waals surface area contributed by atoms with Crippen LogP contribution >= 0.6 is 11.8 Å². The van der Waals surface area contributed by atoms with Crippen LogP contribution in [0.2, 0.25) is 0 Å². The molecule has 4 nitrogen and oxygen atoms in total. The van der Waals surface area contributed by atoms with E-state index in [1.54, 1.807) is 0 Å². The zero-order valence-electron chi connectivity index (χ0n) is 12.8. The quantitative estimate of drug-likeness (QED) is 0.928. The number of ether oxygens (including phenoxy) is 2. The predicted molar refractivity (Wildman–Crippen MR) is 87.3 cm³/mol. The minimum Gasteiger partial charge on any atom is -0.486 e. The fourth-order valence-electron chi connectivity index (χ4n) is 3.08. The normalized spacial score (nSPS) is 22.8. The number of hydrogen-bond donors (Lipinski definition) is 1. The van der Waals surface area contributed by atoms with Gasteiger partial charge in [-0.3, -0.25) is 4.90 Å². The Morgan fingerprint density at radius 2 is 2.05 bits per heavy atom. The average molecular weight is 308 g/mol. The fraction of sp³-hybridized carbons (Fsp3) is 0.625. The first-order valence-corrected chi connectivity index (χ1v) is 8.55. The zero-order valence-corrected chi connectivity index (χ0v) is 13.6. The van der Waals surface area contributed by atoms with Crippen LogP contribution in [-0.2, 0) is 0 Å². The van der Waals surface area contributed by atoms with Gasteiger partial charge >= 0.3 is 0 Å². The highest BCUT2D eigenvalue weighted by molar-refractivity contribution is 8.00.